The number of hydrogen-bond donors (Lipinski definition) is 1. The van der Waals surface area contributed by atoms with E-state index in [1.807, 2.05) is 13.8 Å². The van der Waals surface area contributed by atoms with Gasteiger partial charge in [0.05, 0.1) is 9.79 Å². The first-order valence-electron chi connectivity index (χ1n) is 7.67. The van der Waals surface area contributed by atoms with Crippen molar-refractivity contribution in [2.75, 3.05) is 27.2 Å². The standard InChI is InChI=1S/C15H25N3O4S2.ClH/c1-15(2)11-18(9-8-14(15)16)24(21,22)13-7-5-6-12(10-13)23(19,20)17(3)4;/h5-7,10,14H,8-9,11,16H2,1-4H3;1H. The first-order chi connectivity index (χ1) is 10.9. The van der Waals surface area contributed by atoms with Crippen molar-refractivity contribution in [3.63, 3.8) is 0 Å². The highest BCUT2D eigenvalue weighted by Gasteiger charge is 2.39. The van der Waals surface area contributed by atoms with Crippen LogP contribution in [0.15, 0.2) is 34.1 Å². The van der Waals surface area contributed by atoms with Crippen LogP contribution in [0.3, 0.4) is 0 Å². The third-order valence-corrected chi connectivity index (χ3v) is 8.15. The first-order valence-corrected chi connectivity index (χ1v) is 10.6. The van der Waals surface area contributed by atoms with Gasteiger partial charge in [-0.1, -0.05) is 19.9 Å². The molecule has 2 N–H and O–H groups in total. The zero-order chi connectivity index (χ0) is 18.3. The van der Waals surface area contributed by atoms with Crippen LogP contribution in [0.5, 0.6) is 0 Å². The van der Waals surface area contributed by atoms with Crippen LogP contribution in [0.4, 0.5) is 0 Å². The third kappa shape index (κ3) is 4.35. The van der Waals surface area contributed by atoms with Crippen molar-refractivity contribution in [3.05, 3.63) is 24.3 Å². The van der Waals surface area contributed by atoms with Gasteiger partial charge in [-0.2, -0.15) is 4.31 Å². The zero-order valence-corrected chi connectivity index (χ0v) is 17.3. The first kappa shape index (κ1) is 22.3. The van der Waals surface area contributed by atoms with E-state index in [-0.39, 0.29) is 33.7 Å². The fraction of sp³-hybridized carbons (Fsp3) is 0.600. The van der Waals surface area contributed by atoms with Gasteiger partial charge in [0.1, 0.15) is 0 Å². The number of nitrogens with two attached hydrogens (primary N) is 1. The van der Waals surface area contributed by atoms with Gasteiger partial charge in [0.15, 0.2) is 0 Å². The predicted molar refractivity (Wildman–Crippen MR) is 99.7 cm³/mol. The highest BCUT2D eigenvalue weighted by atomic mass is 35.5. The molecule has 0 saturated carbocycles. The van der Waals surface area contributed by atoms with Crippen molar-refractivity contribution in [2.24, 2.45) is 11.1 Å². The van der Waals surface area contributed by atoms with Gasteiger partial charge >= 0.3 is 0 Å². The molecule has 1 atom stereocenters. The van der Waals surface area contributed by atoms with Gasteiger partial charge in [0, 0.05) is 33.2 Å². The van der Waals surface area contributed by atoms with Crippen molar-refractivity contribution < 1.29 is 16.8 Å². The van der Waals surface area contributed by atoms with E-state index in [1.165, 1.54) is 42.7 Å². The summed E-state index contributed by atoms with van der Waals surface area (Å²) in [6.45, 7) is 4.51. The van der Waals surface area contributed by atoms with Crippen LogP contribution in [0.1, 0.15) is 20.3 Å². The fourth-order valence-electron chi connectivity index (χ4n) is 2.68. The van der Waals surface area contributed by atoms with E-state index in [2.05, 4.69) is 0 Å². The molecule has 0 bridgehead atoms. The number of benzene rings is 1. The third-order valence-electron chi connectivity index (χ3n) is 4.50. The molecule has 1 aliphatic heterocycles. The minimum absolute atomic E-state index is 0. The summed E-state index contributed by atoms with van der Waals surface area (Å²) >= 11 is 0. The Balaban J connectivity index is 0.00000312. The van der Waals surface area contributed by atoms with Crippen molar-refractivity contribution in [1.82, 2.24) is 8.61 Å². The van der Waals surface area contributed by atoms with Gasteiger partial charge < -0.3 is 5.73 Å². The Hall–Kier alpha value is -0.710. The molecule has 1 aromatic carbocycles. The van der Waals surface area contributed by atoms with E-state index in [0.29, 0.717) is 19.5 Å². The maximum atomic E-state index is 12.9. The monoisotopic (exact) mass is 411 g/mol. The van der Waals surface area contributed by atoms with E-state index < -0.39 is 20.0 Å². The summed E-state index contributed by atoms with van der Waals surface area (Å²) in [6, 6.07) is 5.41. The Labute approximate surface area is 156 Å². The lowest BCUT2D eigenvalue weighted by Crippen LogP contribution is -2.53. The SMILES string of the molecule is CN(C)S(=O)(=O)c1cccc(S(=O)(=O)N2CCC(N)C(C)(C)C2)c1.Cl. The number of rotatable bonds is 4. The predicted octanol–water partition coefficient (Wildman–Crippen LogP) is 1.11. The fourth-order valence-corrected chi connectivity index (χ4v) is 5.38. The summed E-state index contributed by atoms with van der Waals surface area (Å²) < 4.78 is 52.7. The Morgan fingerprint density at radius 3 is 2.24 bits per heavy atom. The smallest absolute Gasteiger partial charge is 0.243 e. The molecule has 0 aliphatic carbocycles. The zero-order valence-electron chi connectivity index (χ0n) is 14.8. The molecule has 1 heterocycles. The summed E-state index contributed by atoms with van der Waals surface area (Å²) in [4.78, 5) is -0.0572. The van der Waals surface area contributed by atoms with Crippen LogP contribution < -0.4 is 5.73 Å². The summed E-state index contributed by atoms with van der Waals surface area (Å²) in [5.41, 5.74) is 5.73. The molecule has 25 heavy (non-hydrogen) atoms. The van der Waals surface area contributed by atoms with Crippen LogP contribution in [0, 0.1) is 5.41 Å². The van der Waals surface area contributed by atoms with E-state index in [9.17, 15) is 16.8 Å². The van der Waals surface area contributed by atoms with Crippen LogP contribution in [-0.2, 0) is 20.0 Å². The second-order valence-corrected chi connectivity index (χ2v) is 11.1. The molecular formula is C15H26ClN3O4S2. The molecule has 1 aromatic rings. The number of nitrogens with zero attached hydrogens (tertiary/aromatic N) is 2. The minimum atomic E-state index is -3.77. The molecule has 2 rings (SSSR count). The number of hydrogen-bond acceptors (Lipinski definition) is 5. The van der Waals surface area contributed by atoms with Crippen LogP contribution in [0.25, 0.3) is 0 Å². The van der Waals surface area contributed by atoms with Gasteiger partial charge in [-0.25, -0.2) is 21.1 Å². The summed E-state index contributed by atoms with van der Waals surface area (Å²) in [6.07, 6.45) is 0.571. The van der Waals surface area contributed by atoms with Gasteiger partial charge in [-0.15, -0.1) is 12.4 Å². The number of sulfonamides is 2. The highest BCUT2D eigenvalue weighted by Crippen LogP contribution is 2.31. The van der Waals surface area contributed by atoms with Crippen LogP contribution in [-0.4, -0.2) is 58.7 Å². The Morgan fingerprint density at radius 2 is 1.72 bits per heavy atom. The summed E-state index contributed by atoms with van der Waals surface area (Å²) in [7, 11) is -4.65. The molecule has 1 saturated heterocycles. The van der Waals surface area contributed by atoms with Gasteiger partial charge in [0.2, 0.25) is 20.0 Å². The van der Waals surface area contributed by atoms with E-state index in [0.717, 1.165) is 4.31 Å². The maximum Gasteiger partial charge on any atom is 0.243 e. The molecule has 0 radical (unpaired) electrons. The van der Waals surface area contributed by atoms with E-state index in [1.54, 1.807) is 0 Å². The summed E-state index contributed by atoms with van der Waals surface area (Å²) in [5.74, 6) is 0. The molecule has 0 amide bonds. The average molecular weight is 412 g/mol. The largest absolute Gasteiger partial charge is 0.327 e. The normalized spacial score (nSPS) is 21.8. The Morgan fingerprint density at radius 1 is 1.16 bits per heavy atom. The van der Waals surface area contributed by atoms with Crippen molar-refractivity contribution in [1.29, 1.82) is 0 Å². The molecule has 1 aliphatic rings. The molecule has 1 unspecified atom stereocenters. The highest BCUT2D eigenvalue weighted by molar-refractivity contribution is 7.90. The van der Waals surface area contributed by atoms with E-state index in [4.69, 9.17) is 5.73 Å². The molecule has 10 heteroatoms. The lowest BCUT2D eigenvalue weighted by molar-refractivity contribution is 0.155. The van der Waals surface area contributed by atoms with E-state index >= 15 is 0 Å². The van der Waals surface area contributed by atoms with Gasteiger partial charge in [0.25, 0.3) is 0 Å². The molecule has 144 valence electrons. The summed E-state index contributed by atoms with van der Waals surface area (Å²) in [5, 5.41) is 0. The maximum absolute atomic E-state index is 12.9. The minimum Gasteiger partial charge on any atom is -0.327 e. The lowest BCUT2D eigenvalue weighted by Gasteiger charge is -2.41. The van der Waals surface area contributed by atoms with Gasteiger partial charge in [-0.05, 0) is 30.0 Å². The molecule has 7 nitrogen and oxygen atoms in total. The molecule has 0 spiro atoms. The topological polar surface area (TPSA) is 101 Å². The van der Waals surface area contributed by atoms with Crippen LogP contribution >= 0.6 is 12.4 Å². The van der Waals surface area contributed by atoms with Crippen molar-refractivity contribution in [2.45, 2.75) is 36.1 Å². The molecular weight excluding hydrogens is 386 g/mol. The molecule has 0 aromatic heterocycles. The van der Waals surface area contributed by atoms with Gasteiger partial charge in [-0.3, -0.25) is 0 Å². The Kier molecular flexibility index (Phi) is 6.70. The van der Waals surface area contributed by atoms with Crippen LogP contribution in [0.2, 0.25) is 0 Å². The number of halogens is 1. The van der Waals surface area contributed by atoms with Crippen molar-refractivity contribution in [3.8, 4) is 0 Å². The Bertz CT molecular complexity index is 823. The lowest BCUT2D eigenvalue weighted by atomic mass is 9.81. The quantitative estimate of drug-likeness (QED) is 0.799. The second kappa shape index (κ2) is 7.50. The number of piperidine rings is 1. The van der Waals surface area contributed by atoms with Crippen molar-refractivity contribution >= 4 is 32.5 Å². The molecule has 1 fully saturated rings. The second-order valence-electron chi connectivity index (χ2n) is 6.98. The average Bonchev–Trinajstić information content (AvgIpc) is 2.49.